The van der Waals surface area contributed by atoms with Gasteiger partial charge in [0.2, 0.25) is 5.91 Å². The highest BCUT2D eigenvalue weighted by atomic mass is 16.2. The number of anilines is 2. The lowest BCUT2D eigenvalue weighted by molar-refractivity contribution is -0.117. The Morgan fingerprint density at radius 2 is 2.35 bits per heavy atom. The summed E-state index contributed by atoms with van der Waals surface area (Å²) in [5.74, 6) is 0.0376. The minimum absolute atomic E-state index is 0.0376. The van der Waals surface area contributed by atoms with Crippen LogP contribution in [0.2, 0.25) is 0 Å². The Hall–Kier alpha value is -2.06. The van der Waals surface area contributed by atoms with E-state index in [0.717, 1.165) is 17.8 Å². The SMILES string of the molecule is N#Cc1ccc2c(c1)NCC(=O)N2CCCN. The van der Waals surface area contributed by atoms with Gasteiger partial charge in [-0.1, -0.05) is 0 Å². The average molecular weight is 230 g/mol. The number of fused-ring (bicyclic) bond motifs is 1. The van der Waals surface area contributed by atoms with Crippen LogP contribution in [0.5, 0.6) is 0 Å². The van der Waals surface area contributed by atoms with Crippen molar-refractivity contribution in [2.45, 2.75) is 6.42 Å². The fourth-order valence-electron chi connectivity index (χ4n) is 1.88. The molecule has 17 heavy (non-hydrogen) atoms. The van der Waals surface area contributed by atoms with E-state index in [2.05, 4.69) is 11.4 Å². The number of hydrogen-bond donors (Lipinski definition) is 2. The number of carbonyl (C=O) groups excluding carboxylic acids is 1. The normalized spacial score (nSPS) is 13.9. The summed E-state index contributed by atoms with van der Waals surface area (Å²) in [6, 6.07) is 7.36. The zero-order valence-electron chi connectivity index (χ0n) is 9.44. The standard InChI is InChI=1S/C12H14N4O/c13-4-1-5-16-11-3-2-9(7-14)6-10(11)15-8-12(16)17/h2-3,6,15H,1,4-5,8,13H2. The highest BCUT2D eigenvalue weighted by Crippen LogP contribution is 2.30. The summed E-state index contributed by atoms with van der Waals surface area (Å²) in [4.78, 5) is 13.5. The predicted molar refractivity (Wildman–Crippen MR) is 65.7 cm³/mol. The molecule has 2 rings (SSSR count). The van der Waals surface area contributed by atoms with E-state index in [0.29, 0.717) is 18.7 Å². The quantitative estimate of drug-likeness (QED) is 0.799. The summed E-state index contributed by atoms with van der Waals surface area (Å²) in [5.41, 5.74) is 7.71. The number of nitrogens with zero attached hydrogens (tertiary/aromatic N) is 2. The van der Waals surface area contributed by atoms with Crippen molar-refractivity contribution in [2.75, 3.05) is 29.9 Å². The molecule has 3 N–H and O–H groups in total. The maximum atomic E-state index is 11.8. The van der Waals surface area contributed by atoms with Crippen LogP contribution in [0.3, 0.4) is 0 Å². The first-order chi connectivity index (χ1) is 8.26. The molecule has 0 aromatic heterocycles. The Labute approximate surface area is 99.8 Å². The minimum atomic E-state index is 0.0376. The number of amides is 1. The molecule has 88 valence electrons. The summed E-state index contributed by atoms with van der Waals surface area (Å²) < 4.78 is 0. The molecular formula is C12H14N4O. The Balaban J connectivity index is 2.32. The lowest BCUT2D eigenvalue weighted by Crippen LogP contribution is -2.41. The van der Waals surface area contributed by atoms with Crippen molar-refractivity contribution < 1.29 is 4.79 Å². The van der Waals surface area contributed by atoms with E-state index in [4.69, 9.17) is 11.0 Å². The van der Waals surface area contributed by atoms with E-state index in [1.165, 1.54) is 0 Å². The predicted octanol–water partition coefficient (Wildman–Crippen LogP) is 0.666. The number of nitriles is 1. The van der Waals surface area contributed by atoms with Crippen LogP contribution >= 0.6 is 0 Å². The van der Waals surface area contributed by atoms with Gasteiger partial charge in [0.1, 0.15) is 0 Å². The monoisotopic (exact) mass is 230 g/mol. The van der Waals surface area contributed by atoms with Gasteiger partial charge in [-0.2, -0.15) is 5.26 Å². The van der Waals surface area contributed by atoms with Gasteiger partial charge in [-0.25, -0.2) is 0 Å². The van der Waals surface area contributed by atoms with Crippen molar-refractivity contribution in [1.29, 1.82) is 5.26 Å². The van der Waals surface area contributed by atoms with Gasteiger partial charge >= 0.3 is 0 Å². The smallest absolute Gasteiger partial charge is 0.246 e. The second-order valence-electron chi connectivity index (χ2n) is 3.88. The number of nitrogens with one attached hydrogen (secondary N) is 1. The Bertz CT molecular complexity index is 478. The van der Waals surface area contributed by atoms with E-state index < -0.39 is 0 Å². The van der Waals surface area contributed by atoms with E-state index in [1.807, 2.05) is 0 Å². The molecule has 0 aliphatic carbocycles. The first-order valence-corrected chi connectivity index (χ1v) is 5.54. The van der Waals surface area contributed by atoms with Gasteiger partial charge in [-0.15, -0.1) is 0 Å². The molecule has 1 aliphatic heterocycles. The van der Waals surface area contributed by atoms with Crippen LogP contribution < -0.4 is 16.0 Å². The zero-order chi connectivity index (χ0) is 12.3. The van der Waals surface area contributed by atoms with Crippen molar-refractivity contribution in [3.05, 3.63) is 23.8 Å². The highest BCUT2D eigenvalue weighted by Gasteiger charge is 2.23. The second-order valence-corrected chi connectivity index (χ2v) is 3.88. The van der Waals surface area contributed by atoms with Crippen molar-refractivity contribution in [2.24, 2.45) is 5.73 Å². The third-order valence-corrected chi connectivity index (χ3v) is 2.73. The van der Waals surface area contributed by atoms with Gasteiger partial charge in [0, 0.05) is 6.54 Å². The van der Waals surface area contributed by atoms with Gasteiger partial charge in [0.25, 0.3) is 0 Å². The molecule has 0 bridgehead atoms. The Kier molecular flexibility index (Phi) is 3.26. The van der Waals surface area contributed by atoms with E-state index in [1.54, 1.807) is 23.1 Å². The number of carbonyl (C=O) groups is 1. The van der Waals surface area contributed by atoms with Crippen LogP contribution in [0, 0.1) is 11.3 Å². The van der Waals surface area contributed by atoms with E-state index in [-0.39, 0.29) is 12.5 Å². The lowest BCUT2D eigenvalue weighted by Gasteiger charge is -2.30. The molecule has 5 nitrogen and oxygen atoms in total. The van der Waals surface area contributed by atoms with Gasteiger partial charge in [-0.05, 0) is 31.2 Å². The third-order valence-electron chi connectivity index (χ3n) is 2.73. The summed E-state index contributed by atoms with van der Waals surface area (Å²) in [7, 11) is 0. The Morgan fingerprint density at radius 1 is 1.53 bits per heavy atom. The van der Waals surface area contributed by atoms with Crippen molar-refractivity contribution in [3.63, 3.8) is 0 Å². The number of hydrogen-bond acceptors (Lipinski definition) is 4. The molecule has 1 heterocycles. The topological polar surface area (TPSA) is 82.2 Å². The summed E-state index contributed by atoms with van der Waals surface area (Å²) in [6.45, 7) is 1.45. The summed E-state index contributed by atoms with van der Waals surface area (Å²) in [6.07, 6.45) is 0.769. The fraction of sp³-hybridized carbons (Fsp3) is 0.333. The van der Waals surface area contributed by atoms with Crippen LogP contribution in [0.25, 0.3) is 0 Å². The molecule has 0 radical (unpaired) electrons. The first-order valence-electron chi connectivity index (χ1n) is 5.54. The molecule has 1 amide bonds. The molecule has 0 fully saturated rings. The summed E-state index contributed by atoms with van der Waals surface area (Å²) >= 11 is 0. The van der Waals surface area contributed by atoms with E-state index >= 15 is 0 Å². The maximum Gasteiger partial charge on any atom is 0.246 e. The molecule has 0 unspecified atom stereocenters. The molecule has 1 aromatic carbocycles. The van der Waals surface area contributed by atoms with Crippen LogP contribution in [0.15, 0.2) is 18.2 Å². The zero-order valence-corrected chi connectivity index (χ0v) is 9.44. The van der Waals surface area contributed by atoms with Crippen LogP contribution in [0.1, 0.15) is 12.0 Å². The molecule has 0 saturated carbocycles. The van der Waals surface area contributed by atoms with Gasteiger partial charge in [0.05, 0.1) is 29.6 Å². The van der Waals surface area contributed by atoms with Crippen molar-refractivity contribution in [1.82, 2.24) is 0 Å². The molecule has 1 aromatic rings. The molecular weight excluding hydrogens is 216 g/mol. The first kappa shape index (κ1) is 11.4. The van der Waals surface area contributed by atoms with E-state index in [9.17, 15) is 4.79 Å². The molecule has 1 aliphatic rings. The van der Waals surface area contributed by atoms with Gasteiger partial charge in [0.15, 0.2) is 0 Å². The summed E-state index contributed by atoms with van der Waals surface area (Å²) in [5, 5.41) is 11.8. The van der Waals surface area contributed by atoms with Crippen molar-refractivity contribution in [3.8, 4) is 6.07 Å². The van der Waals surface area contributed by atoms with Gasteiger partial charge < -0.3 is 16.0 Å². The average Bonchev–Trinajstić information content (AvgIpc) is 2.37. The molecule has 0 spiro atoms. The van der Waals surface area contributed by atoms with Crippen LogP contribution in [-0.2, 0) is 4.79 Å². The number of benzene rings is 1. The molecule has 5 heteroatoms. The number of nitrogens with two attached hydrogens (primary N) is 1. The highest BCUT2D eigenvalue weighted by molar-refractivity contribution is 6.02. The molecule has 0 atom stereocenters. The van der Waals surface area contributed by atoms with Gasteiger partial charge in [-0.3, -0.25) is 4.79 Å². The third kappa shape index (κ3) is 2.22. The maximum absolute atomic E-state index is 11.8. The molecule has 0 saturated heterocycles. The lowest BCUT2D eigenvalue weighted by atomic mass is 10.1. The minimum Gasteiger partial charge on any atom is -0.374 e. The Morgan fingerprint density at radius 3 is 3.06 bits per heavy atom. The van der Waals surface area contributed by atoms with Crippen LogP contribution in [-0.4, -0.2) is 25.5 Å². The number of rotatable bonds is 3. The second kappa shape index (κ2) is 4.85. The van der Waals surface area contributed by atoms with Crippen LogP contribution in [0.4, 0.5) is 11.4 Å². The fourth-order valence-corrected chi connectivity index (χ4v) is 1.88. The van der Waals surface area contributed by atoms with Crippen molar-refractivity contribution >= 4 is 17.3 Å². The largest absolute Gasteiger partial charge is 0.374 e.